The molecule has 0 radical (unpaired) electrons. The van der Waals surface area contributed by atoms with Gasteiger partial charge in [-0.05, 0) is 59.4 Å². The highest BCUT2D eigenvalue weighted by Gasteiger charge is 2.12. The van der Waals surface area contributed by atoms with Gasteiger partial charge in [-0.1, -0.05) is 13.3 Å². The highest BCUT2D eigenvalue weighted by Crippen LogP contribution is 2.16. The van der Waals surface area contributed by atoms with E-state index >= 15 is 0 Å². The van der Waals surface area contributed by atoms with Crippen LogP contribution in [0.2, 0.25) is 0 Å². The fourth-order valence-corrected chi connectivity index (χ4v) is 1.66. The van der Waals surface area contributed by atoms with E-state index in [9.17, 15) is 19.2 Å². The number of carbonyl (C=O) groups is 4. The van der Waals surface area contributed by atoms with Crippen LogP contribution in [0, 0.1) is 0 Å². The molecule has 0 amide bonds. The van der Waals surface area contributed by atoms with Gasteiger partial charge in [0.1, 0.15) is 0 Å². The summed E-state index contributed by atoms with van der Waals surface area (Å²) < 4.78 is 4.64. The van der Waals surface area contributed by atoms with Crippen molar-refractivity contribution >= 4 is 56.5 Å². The molecule has 0 aromatic heterocycles. The number of carbonyl (C=O) groups excluding carboxylic acids is 4. The van der Waals surface area contributed by atoms with Crippen LogP contribution in [0.4, 0.5) is 0 Å². The van der Waals surface area contributed by atoms with Crippen molar-refractivity contribution in [1.82, 2.24) is 0 Å². The molecule has 0 aliphatic heterocycles. The predicted molar refractivity (Wildman–Crippen MR) is 88.5 cm³/mol. The van der Waals surface area contributed by atoms with E-state index < -0.39 is 15.7 Å². The van der Waals surface area contributed by atoms with E-state index in [1.165, 1.54) is 25.1 Å². The summed E-state index contributed by atoms with van der Waals surface area (Å²) in [6.45, 7) is 4.06. The Balaban J connectivity index is 0.000000515. The predicted octanol–water partition coefficient (Wildman–Crippen LogP) is 4.17. The molecule has 0 atom stereocenters. The van der Waals surface area contributed by atoms with Gasteiger partial charge in [-0.2, -0.15) is 0 Å². The zero-order valence-electron chi connectivity index (χ0n) is 12.5. The molecule has 0 saturated heterocycles. The molecule has 5 nitrogen and oxygen atoms in total. The van der Waals surface area contributed by atoms with E-state index in [-0.39, 0.29) is 22.7 Å². The summed E-state index contributed by atoms with van der Waals surface area (Å²) in [4.78, 5) is 42.7. The van der Waals surface area contributed by atoms with Crippen molar-refractivity contribution in [2.45, 2.75) is 26.7 Å². The fraction of sp³-hybridized carbons (Fsp3) is 0.333. The minimum absolute atomic E-state index is 0.00725. The van der Waals surface area contributed by atoms with Gasteiger partial charge in [0.15, 0.2) is 0 Å². The first-order valence-corrected chi connectivity index (χ1v) is 7.70. The van der Waals surface area contributed by atoms with Crippen LogP contribution in [0.1, 0.15) is 57.8 Å². The Bertz CT molecular complexity index is 520. The van der Waals surface area contributed by atoms with Gasteiger partial charge in [0.05, 0.1) is 6.61 Å². The number of halogens is 3. The SMILES string of the molecule is CCCCOC(C)=O.O=C(Cl)c1cc(C(=O)Cl)cc(C(=O)Cl)c1. The largest absolute Gasteiger partial charge is 0.466 e. The highest BCUT2D eigenvalue weighted by molar-refractivity contribution is 6.70. The normalized spacial score (nSPS) is 9.43. The molecule has 1 aromatic rings. The zero-order chi connectivity index (χ0) is 18.0. The molecule has 0 bridgehead atoms. The van der Waals surface area contributed by atoms with Crippen molar-refractivity contribution in [1.29, 1.82) is 0 Å². The third kappa shape index (κ3) is 9.33. The monoisotopic (exact) mass is 380 g/mol. The van der Waals surface area contributed by atoms with Crippen molar-refractivity contribution in [3.8, 4) is 0 Å². The molecule has 1 aromatic carbocycles. The average molecular weight is 382 g/mol. The van der Waals surface area contributed by atoms with Gasteiger partial charge in [0.25, 0.3) is 15.7 Å². The molecule has 126 valence electrons. The molecular formula is C15H15Cl3O5. The molecule has 0 fully saturated rings. The summed E-state index contributed by atoms with van der Waals surface area (Å²) in [7, 11) is 0. The molecule has 0 heterocycles. The Hall–Kier alpha value is -1.43. The second-order valence-electron chi connectivity index (χ2n) is 4.31. The van der Waals surface area contributed by atoms with E-state index in [2.05, 4.69) is 11.7 Å². The fourth-order valence-electron chi connectivity index (χ4n) is 1.33. The molecule has 1 rings (SSSR count). The van der Waals surface area contributed by atoms with E-state index in [1.54, 1.807) is 0 Å². The van der Waals surface area contributed by atoms with Gasteiger partial charge in [-0.3, -0.25) is 19.2 Å². The lowest BCUT2D eigenvalue weighted by Crippen LogP contribution is -2.00. The van der Waals surface area contributed by atoms with Gasteiger partial charge < -0.3 is 4.74 Å². The standard InChI is InChI=1S/C9H3Cl3O3.C6H12O2/c10-7(13)4-1-5(8(11)14)3-6(2-4)9(12)15;1-3-4-5-8-6(2)7/h1-3H;3-5H2,1-2H3. The van der Waals surface area contributed by atoms with Crippen LogP contribution in [0.15, 0.2) is 18.2 Å². The van der Waals surface area contributed by atoms with Crippen molar-refractivity contribution in [3.63, 3.8) is 0 Å². The van der Waals surface area contributed by atoms with Crippen LogP contribution in [0.3, 0.4) is 0 Å². The summed E-state index contributed by atoms with van der Waals surface area (Å²) >= 11 is 15.6. The number of hydrogen-bond donors (Lipinski definition) is 0. The Morgan fingerprint density at radius 2 is 1.22 bits per heavy atom. The summed E-state index contributed by atoms with van der Waals surface area (Å²) in [5, 5.41) is -2.39. The smallest absolute Gasteiger partial charge is 0.302 e. The van der Waals surface area contributed by atoms with E-state index in [1.807, 2.05) is 0 Å². The molecule has 0 aliphatic rings. The summed E-state index contributed by atoms with van der Waals surface area (Å²) in [6, 6.07) is 3.57. The number of benzene rings is 1. The maximum Gasteiger partial charge on any atom is 0.302 e. The first-order valence-electron chi connectivity index (χ1n) is 6.57. The van der Waals surface area contributed by atoms with Gasteiger partial charge in [-0.15, -0.1) is 0 Å². The Kier molecular flexibility index (Phi) is 10.5. The third-order valence-electron chi connectivity index (χ3n) is 2.42. The van der Waals surface area contributed by atoms with Crippen molar-refractivity contribution in [2.75, 3.05) is 6.61 Å². The maximum absolute atomic E-state index is 10.9. The lowest BCUT2D eigenvalue weighted by molar-refractivity contribution is -0.141. The average Bonchev–Trinajstić information content (AvgIpc) is 2.47. The van der Waals surface area contributed by atoms with Gasteiger partial charge in [0, 0.05) is 23.6 Å². The number of hydrogen-bond acceptors (Lipinski definition) is 5. The number of rotatable bonds is 6. The van der Waals surface area contributed by atoms with Gasteiger partial charge >= 0.3 is 5.97 Å². The van der Waals surface area contributed by atoms with Crippen molar-refractivity contribution in [3.05, 3.63) is 34.9 Å². The van der Waals surface area contributed by atoms with E-state index in [4.69, 9.17) is 34.8 Å². The lowest BCUT2D eigenvalue weighted by atomic mass is 10.1. The molecule has 0 aliphatic carbocycles. The molecule has 0 N–H and O–H groups in total. The third-order valence-corrected chi connectivity index (χ3v) is 3.07. The Morgan fingerprint density at radius 3 is 1.43 bits per heavy atom. The first kappa shape index (κ1) is 21.6. The molecule has 0 saturated carbocycles. The molecule has 8 heteroatoms. The highest BCUT2D eigenvalue weighted by atomic mass is 35.5. The van der Waals surface area contributed by atoms with Crippen LogP contribution in [-0.2, 0) is 9.53 Å². The molecular weight excluding hydrogens is 367 g/mol. The number of esters is 1. The second-order valence-corrected chi connectivity index (χ2v) is 5.34. The Labute approximate surface area is 148 Å². The van der Waals surface area contributed by atoms with E-state index in [0.717, 1.165) is 12.8 Å². The topological polar surface area (TPSA) is 77.5 Å². The number of ether oxygens (including phenoxy) is 1. The summed E-state index contributed by atoms with van der Waals surface area (Å²) in [5.74, 6) is -0.182. The zero-order valence-corrected chi connectivity index (χ0v) is 14.8. The van der Waals surface area contributed by atoms with Crippen LogP contribution >= 0.6 is 34.8 Å². The van der Waals surface area contributed by atoms with Crippen LogP contribution < -0.4 is 0 Å². The minimum Gasteiger partial charge on any atom is -0.466 e. The van der Waals surface area contributed by atoms with Crippen LogP contribution in [0.5, 0.6) is 0 Å². The van der Waals surface area contributed by atoms with Crippen molar-refractivity contribution in [2.24, 2.45) is 0 Å². The molecule has 23 heavy (non-hydrogen) atoms. The summed E-state index contributed by atoms with van der Waals surface area (Å²) in [5.41, 5.74) is -0.0218. The van der Waals surface area contributed by atoms with E-state index in [0.29, 0.717) is 6.61 Å². The quantitative estimate of drug-likeness (QED) is 0.420. The first-order chi connectivity index (χ1) is 10.7. The molecule has 0 unspecified atom stereocenters. The van der Waals surface area contributed by atoms with Gasteiger partial charge in [-0.25, -0.2) is 0 Å². The molecule has 0 spiro atoms. The lowest BCUT2D eigenvalue weighted by Gasteiger charge is -2.00. The van der Waals surface area contributed by atoms with Crippen molar-refractivity contribution < 1.29 is 23.9 Å². The summed E-state index contributed by atoms with van der Waals surface area (Å²) in [6.07, 6.45) is 2.05. The van der Waals surface area contributed by atoms with Gasteiger partial charge in [0.2, 0.25) is 0 Å². The second kappa shape index (κ2) is 11.2. The van der Waals surface area contributed by atoms with Crippen LogP contribution in [-0.4, -0.2) is 28.3 Å². The maximum atomic E-state index is 10.9. The minimum atomic E-state index is -0.797. The van der Waals surface area contributed by atoms with Crippen LogP contribution in [0.25, 0.3) is 0 Å². The Morgan fingerprint density at radius 1 is 0.870 bits per heavy atom. The number of unbranched alkanes of at least 4 members (excludes halogenated alkanes) is 1.